The van der Waals surface area contributed by atoms with Crippen molar-refractivity contribution in [1.82, 2.24) is 0 Å². The lowest BCUT2D eigenvalue weighted by Gasteiger charge is -2.20. The zero-order valence-corrected chi connectivity index (χ0v) is 14.6. The molecule has 1 N–H and O–H groups in total. The molecule has 2 aromatic carbocycles. The molecule has 4 heteroatoms. The molecular weight excluding hydrogens is 304 g/mol. The number of methoxy groups -OCH3 is 1. The third-order valence-electron chi connectivity index (χ3n) is 3.83. The molecule has 0 unspecified atom stereocenters. The molecule has 0 spiro atoms. The molecule has 0 aliphatic carbocycles. The molecule has 0 fully saturated rings. The number of ether oxygens (including phenoxy) is 2. The smallest absolute Gasteiger partial charge is 0.345 e. The van der Waals surface area contributed by atoms with Crippen LogP contribution in [-0.4, -0.2) is 24.3 Å². The Morgan fingerprint density at radius 2 is 1.75 bits per heavy atom. The highest BCUT2D eigenvalue weighted by Gasteiger charge is 2.21. The minimum Gasteiger partial charge on any atom is -0.497 e. The fraction of sp³-hybridized carbons (Fsp3) is 0.350. The first-order valence-electron chi connectivity index (χ1n) is 7.92. The Morgan fingerprint density at radius 1 is 1.08 bits per heavy atom. The van der Waals surface area contributed by atoms with Crippen LogP contribution in [0.4, 0.5) is 0 Å². The normalized spacial score (nSPS) is 12.5. The Balaban J connectivity index is 2.12. The largest absolute Gasteiger partial charge is 0.497 e. The van der Waals surface area contributed by atoms with Crippen LogP contribution in [0.2, 0.25) is 0 Å². The van der Waals surface area contributed by atoms with Crippen molar-refractivity contribution in [3.05, 3.63) is 59.7 Å². The number of carboxylic acid groups (broad SMARTS) is 1. The van der Waals surface area contributed by atoms with Gasteiger partial charge in [0.05, 0.1) is 7.11 Å². The van der Waals surface area contributed by atoms with Crippen molar-refractivity contribution >= 4 is 5.97 Å². The molecular formula is C20H24O4. The van der Waals surface area contributed by atoms with Crippen LogP contribution >= 0.6 is 0 Å². The maximum atomic E-state index is 11.5. The Labute approximate surface area is 143 Å². The lowest BCUT2D eigenvalue weighted by Crippen LogP contribution is -2.29. The Hall–Kier alpha value is -2.49. The lowest BCUT2D eigenvalue weighted by molar-refractivity contribution is -0.145. The molecule has 0 aliphatic rings. The van der Waals surface area contributed by atoms with E-state index in [1.54, 1.807) is 7.11 Å². The van der Waals surface area contributed by atoms with Gasteiger partial charge in [0.25, 0.3) is 0 Å². The summed E-state index contributed by atoms with van der Waals surface area (Å²) in [6, 6.07) is 14.9. The van der Waals surface area contributed by atoms with Crippen LogP contribution in [0.3, 0.4) is 0 Å². The van der Waals surface area contributed by atoms with E-state index in [1.165, 1.54) is 5.56 Å². The van der Waals surface area contributed by atoms with Gasteiger partial charge in [-0.05, 0) is 40.8 Å². The second kappa shape index (κ2) is 7.39. The second-order valence-electron chi connectivity index (χ2n) is 6.77. The molecule has 0 aliphatic heterocycles. The van der Waals surface area contributed by atoms with Gasteiger partial charge in [0, 0.05) is 6.42 Å². The van der Waals surface area contributed by atoms with Gasteiger partial charge in [0.15, 0.2) is 6.10 Å². The maximum Gasteiger partial charge on any atom is 0.345 e. The zero-order chi connectivity index (χ0) is 17.7. The summed E-state index contributed by atoms with van der Waals surface area (Å²) in [6.45, 7) is 6.39. The monoisotopic (exact) mass is 328 g/mol. The molecule has 4 nitrogen and oxygen atoms in total. The van der Waals surface area contributed by atoms with E-state index in [-0.39, 0.29) is 11.8 Å². The summed E-state index contributed by atoms with van der Waals surface area (Å²) < 4.78 is 10.9. The van der Waals surface area contributed by atoms with Crippen LogP contribution in [0, 0.1) is 0 Å². The third-order valence-corrected chi connectivity index (χ3v) is 3.83. The van der Waals surface area contributed by atoms with E-state index in [0.717, 1.165) is 5.56 Å². The van der Waals surface area contributed by atoms with Crippen molar-refractivity contribution in [3.63, 3.8) is 0 Å². The van der Waals surface area contributed by atoms with E-state index in [0.29, 0.717) is 11.5 Å². The van der Waals surface area contributed by atoms with E-state index >= 15 is 0 Å². The predicted molar refractivity (Wildman–Crippen MR) is 93.9 cm³/mol. The van der Waals surface area contributed by atoms with E-state index in [2.05, 4.69) is 20.8 Å². The van der Waals surface area contributed by atoms with Gasteiger partial charge in [0.1, 0.15) is 11.5 Å². The highest BCUT2D eigenvalue weighted by molar-refractivity contribution is 5.73. The fourth-order valence-corrected chi connectivity index (χ4v) is 2.39. The molecule has 2 rings (SSSR count). The zero-order valence-electron chi connectivity index (χ0n) is 14.6. The quantitative estimate of drug-likeness (QED) is 0.868. The van der Waals surface area contributed by atoms with Gasteiger partial charge in [-0.3, -0.25) is 0 Å². The number of carboxylic acids is 1. The Morgan fingerprint density at radius 3 is 2.29 bits per heavy atom. The first-order valence-corrected chi connectivity index (χ1v) is 7.92. The molecule has 0 heterocycles. The van der Waals surface area contributed by atoms with Gasteiger partial charge in [0.2, 0.25) is 0 Å². The number of hydrogen-bond acceptors (Lipinski definition) is 3. The van der Waals surface area contributed by atoms with Gasteiger partial charge in [-0.15, -0.1) is 0 Å². The van der Waals surface area contributed by atoms with Crippen molar-refractivity contribution < 1.29 is 19.4 Å². The van der Waals surface area contributed by atoms with Crippen LogP contribution in [0.5, 0.6) is 11.5 Å². The van der Waals surface area contributed by atoms with Crippen molar-refractivity contribution in [3.8, 4) is 11.5 Å². The molecule has 24 heavy (non-hydrogen) atoms. The standard InChI is InChI=1S/C20H24O4/c1-20(2,3)15-8-10-16(11-9-15)24-18(19(21)22)13-14-6-5-7-17(12-14)23-4/h5-12,18H,13H2,1-4H3,(H,21,22)/t18-/m1/s1. The Bertz CT molecular complexity index is 684. The second-order valence-corrected chi connectivity index (χ2v) is 6.77. The van der Waals surface area contributed by atoms with Crippen LogP contribution in [-0.2, 0) is 16.6 Å². The minimum atomic E-state index is -0.988. The molecule has 0 saturated carbocycles. The molecule has 1 atom stereocenters. The van der Waals surface area contributed by atoms with E-state index in [4.69, 9.17) is 9.47 Å². The number of aliphatic carboxylic acids is 1. The first kappa shape index (κ1) is 17.9. The topological polar surface area (TPSA) is 55.8 Å². The SMILES string of the molecule is COc1cccc(C[C@@H](Oc2ccc(C(C)(C)C)cc2)C(=O)O)c1. The minimum absolute atomic E-state index is 0.0469. The highest BCUT2D eigenvalue weighted by Crippen LogP contribution is 2.25. The molecule has 0 bridgehead atoms. The van der Waals surface area contributed by atoms with Crippen LogP contribution in [0.25, 0.3) is 0 Å². The van der Waals surface area contributed by atoms with Gasteiger partial charge < -0.3 is 14.6 Å². The fourth-order valence-electron chi connectivity index (χ4n) is 2.39. The average Bonchev–Trinajstić information content (AvgIpc) is 2.54. The summed E-state index contributed by atoms with van der Waals surface area (Å²) in [5.74, 6) is 0.266. The van der Waals surface area contributed by atoms with E-state index in [9.17, 15) is 9.90 Å². The summed E-state index contributed by atoms with van der Waals surface area (Å²) in [7, 11) is 1.58. The summed E-state index contributed by atoms with van der Waals surface area (Å²) >= 11 is 0. The maximum absolute atomic E-state index is 11.5. The predicted octanol–water partition coefficient (Wildman–Crippen LogP) is 4.07. The van der Waals surface area contributed by atoms with Crippen molar-refractivity contribution in [2.75, 3.05) is 7.11 Å². The van der Waals surface area contributed by atoms with Crippen molar-refractivity contribution in [2.24, 2.45) is 0 Å². The van der Waals surface area contributed by atoms with Crippen LogP contribution in [0.15, 0.2) is 48.5 Å². The Kier molecular flexibility index (Phi) is 5.50. The summed E-state index contributed by atoms with van der Waals surface area (Å²) in [6.07, 6.45) is -0.675. The summed E-state index contributed by atoms with van der Waals surface area (Å²) in [5, 5.41) is 9.45. The molecule has 0 saturated heterocycles. The van der Waals surface area contributed by atoms with Crippen molar-refractivity contribution in [2.45, 2.75) is 38.7 Å². The molecule has 0 aromatic heterocycles. The van der Waals surface area contributed by atoms with Gasteiger partial charge in [-0.25, -0.2) is 4.79 Å². The first-order chi connectivity index (χ1) is 11.3. The van der Waals surface area contributed by atoms with E-state index in [1.807, 2.05) is 48.5 Å². The number of hydrogen-bond donors (Lipinski definition) is 1. The van der Waals surface area contributed by atoms with Crippen LogP contribution < -0.4 is 9.47 Å². The summed E-state index contributed by atoms with van der Waals surface area (Å²) in [4.78, 5) is 11.5. The van der Waals surface area contributed by atoms with Crippen LogP contribution in [0.1, 0.15) is 31.9 Å². The average molecular weight is 328 g/mol. The molecule has 128 valence electrons. The number of rotatable bonds is 6. The number of carbonyl (C=O) groups is 1. The van der Waals surface area contributed by atoms with E-state index < -0.39 is 12.1 Å². The molecule has 2 aromatic rings. The third kappa shape index (κ3) is 4.75. The molecule has 0 amide bonds. The molecule has 0 radical (unpaired) electrons. The van der Waals surface area contributed by atoms with Crippen molar-refractivity contribution in [1.29, 1.82) is 0 Å². The lowest BCUT2D eigenvalue weighted by atomic mass is 9.87. The van der Waals surface area contributed by atoms with Gasteiger partial charge in [-0.2, -0.15) is 0 Å². The number of benzene rings is 2. The highest BCUT2D eigenvalue weighted by atomic mass is 16.5. The summed E-state index contributed by atoms with van der Waals surface area (Å²) in [5.41, 5.74) is 2.08. The van der Waals surface area contributed by atoms with Gasteiger partial charge >= 0.3 is 5.97 Å². The van der Waals surface area contributed by atoms with Gasteiger partial charge in [-0.1, -0.05) is 45.0 Å².